The normalized spacial score (nSPS) is 32.2. The molecular weight excluding hydrogens is 196 g/mol. The topological polar surface area (TPSA) is 15.3 Å². The molecule has 2 nitrogen and oxygen atoms in total. The first-order valence-electron chi connectivity index (χ1n) is 7.12. The maximum Gasteiger partial charge on any atom is 0.0309 e. The highest BCUT2D eigenvalue weighted by Gasteiger charge is 2.37. The maximum atomic E-state index is 3.77. The minimum absolute atomic E-state index is 0.437. The molecule has 2 heteroatoms. The molecule has 94 valence electrons. The predicted molar refractivity (Wildman–Crippen MR) is 69.7 cm³/mol. The average molecular weight is 224 g/mol. The molecule has 0 bridgehead atoms. The Bertz CT molecular complexity index is 217. The Labute approximate surface area is 101 Å². The van der Waals surface area contributed by atoms with Gasteiger partial charge >= 0.3 is 0 Å². The van der Waals surface area contributed by atoms with Gasteiger partial charge in [-0.2, -0.15) is 0 Å². The van der Waals surface area contributed by atoms with E-state index in [0.717, 1.165) is 12.0 Å². The third-order valence-corrected chi connectivity index (χ3v) is 4.61. The Hall–Kier alpha value is -0.0800. The van der Waals surface area contributed by atoms with E-state index in [-0.39, 0.29) is 0 Å². The van der Waals surface area contributed by atoms with Crippen LogP contribution in [0.3, 0.4) is 0 Å². The van der Waals surface area contributed by atoms with Crippen molar-refractivity contribution in [3.63, 3.8) is 0 Å². The summed E-state index contributed by atoms with van der Waals surface area (Å²) in [6.07, 6.45) is 8.31. The van der Waals surface area contributed by atoms with Gasteiger partial charge in [0.1, 0.15) is 0 Å². The van der Waals surface area contributed by atoms with Gasteiger partial charge in [-0.1, -0.05) is 13.3 Å². The molecular formula is C14H28N2. The third kappa shape index (κ3) is 2.78. The molecule has 1 N–H and O–H groups in total. The van der Waals surface area contributed by atoms with Crippen molar-refractivity contribution in [2.24, 2.45) is 5.92 Å². The summed E-state index contributed by atoms with van der Waals surface area (Å²) >= 11 is 0. The molecule has 2 rings (SSSR count). The Balaban J connectivity index is 1.88. The summed E-state index contributed by atoms with van der Waals surface area (Å²) in [6.45, 7) is 7.20. The highest BCUT2D eigenvalue weighted by atomic mass is 15.2. The summed E-state index contributed by atoms with van der Waals surface area (Å²) in [5.41, 5.74) is 0.437. The first kappa shape index (κ1) is 12.4. The van der Waals surface area contributed by atoms with E-state index in [1.807, 2.05) is 0 Å². The number of nitrogens with one attached hydrogen (secondary N) is 1. The lowest BCUT2D eigenvalue weighted by molar-refractivity contribution is 0.161. The average Bonchev–Trinajstić information content (AvgIpc) is 3.01. The summed E-state index contributed by atoms with van der Waals surface area (Å²) in [5, 5.41) is 3.77. The fourth-order valence-corrected chi connectivity index (χ4v) is 3.33. The number of nitrogens with zero attached hydrogens (tertiary/aromatic N) is 1. The van der Waals surface area contributed by atoms with Crippen molar-refractivity contribution in [1.29, 1.82) is 0 Å². The minimum atomic E-state index is 0.437. The molecule has 0 aromatic rings. The first-order valence-corrected chi connectivity index (χ1v) is 7.12. The highest BCUT2D eigenvalue weighted by molar-refractivity contribution is 4.96. The van der Waals surface area contributed by atoms with Crippen LogP contribution in [-0.2, 0) is 0 Å². The summed E-state index contributed by atoms with van der Waals surface area (Å²) < 4.78 is 0. The Morgan fingerprint density at radius 2 is 2.19 bits per heavy atom. The van der Waals surface area contributed by atoms with E-state index in [1.165, 1.54) is 51.6 Å². The second-order valence-corrected chi connectivity index (χ2v) is 6.05. The van der Waals surface area contributed by atoms with E-state index in [9.17, 15) is 0 Å². The van der Waals surface area contributed by atoms with Crippen molar-refractivity contribution in [3.05, 3.63) is 0 Å². The van der Waals surface area contributed by atoms with Crippen LogP contribution in [-0.4, -0.2) is 36.6 Å². The molecule has 0 aromatic carbocycles. The van der Waals surface area contributed by atoms with Gasteiger partial charge in [0.05, 0.1) is 0 Å². The summed E-state index contributed by atoms with van der Waals surface area (Å²) in [6, 6.07) is 0.788. The van der Waals surface area contributed by atoms with Crippen molar-refractivity contribution in [2.75, 3.05) is 20.1 Å². The van der Waals surface area contributed by atoms with Crippen LogP contribution in [0.25, 0.3) is 0 Å². The van der Waals surface area contributed by atoms with Crippen LogP contribution in [0.1, 0.15) is 52.4 Å². The lowest BCUT2D eigenvalue weighted by atomic mass is 9.90. The molecule has 2 fully saturated rings. The van der Waals surface area contributed by atoms with Crippen molar-refractivity contribution in [2.45, 2.75) is 64.0 Å². The largest absolute Gasteiger partial charge is 0.310 e. The van der Waals surface area contributed by atoms with Gasteiger partial charge in [0.2, 0.25) is 0 Å². The van der Waals surface area contributed by atoms with Gasteiger partial charge in [-0.3, -0.25) is 0 Å². The molecule has 0 radical (unpaired) electrons. The fraction of sp³-hybridized carbons (Fsp3) is 1.00. The minimum Gasteiger partial charge on any atom is -0.310 e. The zero-order valence-electron chi connectivity index (χ0n) is 11.3. The van der Waals surface area contributed by atoms with Gasteiger partial charge < -0.3 is 10.2 Å². The lowest BCUT2D eigenvalue weighted by Gasteiger charge is -2.36. The molecule has 0 spiro atoms. The van der Waals surface area contributed by atoms with Gasteiger partial charge in [0.25, 0.3) is 0 Å². The van der Waals surface area contributed by atoms with Gasteiger partial charge in [0, 0.05) is 18.1 Å². The van der Waals surface area contributed by atoms with Gasteiger partial charge in [0.15, 0.2) is 0 Å². The van der Waals surface area contributed by atoms with Gasteiger partial charge in [-0.05, 0) is 58.5 Å². The molecule has 0 aromatic heterocycles. The number of hydrogen-bond acceptors (Lipinski definition) is 2. The number of hydrogen-bond donors (Lipinski definition) is 1. The molecule has 1 aliphatic carbocycles. The van der Waals surface area contributed by atoms with Crippen LogP contribution < -0.4 is 5.32 Å². The standard InChI is InChI=1S/C14H28N2/c1-4-8-14(9-5-10-15-14)11-16(3)12(2)13-6-7-13/h12-13,15H,4-11H2,1-3H3. The third-order valence-electron chi connectivity index (χ3n) is 4.61. The molecule has 2 aliphatic rings. The van der Waals surface area contributed by atoms with Crippen molar-refractivity contribution < 1.29 is 0 Å². The van der Waals surface area contributed by atoms with Crippen LogP contribution in [0.15, 0.2) is 0 Å². The van der Waals surface area contributed by atoms with Crippen molar-refractivity contribution in [3.8, 4) is 0 Å². The van der Waals surface area contributed by atoms with Crippen LogP contribution in [0.2, 0.25) is 0 Å². The van der Waals surface area contributed by atoms with Crippen LogP contribution >= 0.6 is 0 Å². The molecule has 0 amide bonds. The second kappa shape index (κ2) is 5.05. The first-order chi connectivity index (χ1) is 7.67. The van der Waals surface area contributed by atoms with E-state index in [2.05, 4.69) is 31.1 Å². The highest BCUT2D eigenvalue weighted by Crippen LogP contribution is 2.36. The zero-order valence-corrected chi connectivity index (χ0v) is 11.3. The molecule has 2 atom stereocenters. The Morgan fingerprint density at radius 1 is 1.44 bits per heavy atom. The van der Waals surface area contributed by atoms with Gasteiger partial charge in [-0.15, -0.1) is 0 Å². The summed E-state index contributed by atoms with van der Waals surface area (Å²) in [4.78, 5) is 2.60. The van der Waals surface area contributed by atoms with Crippen molar-refractivity contribution in [1.82, 2.24) is 10.2 Å². The molecule has 16 heavy (non-hydrogen) atoms. The number of likely N-dealkylation sites (N-methyl/N-ethyl adjacent to an activating group) is 1. The smallest absolute Gasteiger partial charge is 0.0309 e. The van der Waals surface area contributed by atoms with E-state index >= 15 is 0 Å². The van der Waals surface area contributed by atoms with Crippen LogP contribution in [0, 0.1) is 5.92 Å². The van der Waals surface area contributed by atoms with Crippen molar-refractivity contribution >= 4 is 0 Å². The maximum absolute atomic E-state index is 3.77. The fourth-order valence-electron chi connectivity index (χ4n) is 3.33. The van der Waals surface area contributed by atoms with E-state index in [1.54, 1.807) is 0 Å². The molecule has 1 saturated heterocycles. The van der Waals surface area contributed by atoms with Crippen LogP contribution in [0.4, 0.5) is 0 Å². The zero-order chi connectivity index (χ0) is 11.6. The summed E-state index contributed by atoms with van der Waals surface area (Å²) in [5.74, 6) is 0.991. The predicted octanol–water partition coefficient (Wildman–Crippen LogP) is 2.64. The Morgan fingerprint density at radius 3 is 2.69 bits per heavy atom. The quantitative estimate of drug-likeness (QED) is 0.746. The molecule has 1 heterocycles. The second-order valence-electron chi connectivity index (χ2n) is 6.05. The SMILES string of the molecule is CCCC1(CN(C)C(C)C2CC2)CCCN1. The number of rotatable bonds is 6. The Kier molecular flexibility index (Phi) is 3.91. The lowest BCUT2D eigenvalue weighted by Crippen LogP contribution is -2.51. The summed E-state index contributed by atoms with van der Waals surface area (Å²) in [7, 11) is 2.32. The molecule has 2 unspecified atom stereocenters. The monoisotopic (exact) mass is 224 g/mol. The van der Waals surface area contributed by atoms with E-state index in [4.69, 9.17) is 0 Å². The van der Waals surface area contributed by atoms with Gasteiger partial charge in [-0.25, -0.2) is 0 Å². The van der Waals surface area contributed by atoms with E-state index < -0.39 is 0 Å². The van der Waals surface area contributed by atoms with E-state index in [0.29, 0.717) is 5.54 Å². The molecule has 1 saturated carbocycles. The molecule has 1 aliphatic heterocycles. The van der Waals surface area contributed by atoms with Crippen LogP contribution in [0.5, 0.6) is 0 Å².